The van der Waals surface area contributed by atoms with Gasteiger partial charge in [-0.25, -0.2) is 4.79 Å². The number of nitrogens with zero attached hydrogens (tertiary/aromatic N) is 1. The van der Waals surface area contributed by atoms with Crippen molar-refractivity contribution in [1.82, 2.24) is 4.90 Å². The zero-order valence-electron chi connectivity index (χ0n) is 16.7. The number of hydrogen-bond donors (Lipinski definition) is 1. The summed E-state index contributed by atoms with van der Waals surface area (Å²) < 4.78 is 5.63. The van der Waals surface area contributed by atoms with Crippen LogP contribution in [0.15, 0.2) is 72.8 Å². The van der Waals surface area contributed by atoms with Gasteiger partial charge < -0.3 is 9.84 Å². The van der Waals surface area contributed by atoms with Crippen LogP contribution in [-0.2, 0) is 16.1 Å². The van der Waals surface area contributed by atoms with Gasteiger partial charge in [-0.1, -0.05) is 78.4 Å². The van der Waals surface area contributed by atoms with Gasteiger partial charge in [0.2, 0.25) is 0 Å². The molecular formula is C25H23NO4. The SMILES string of the molecule is Cc1cccc(CN(CC(=O)O)C(=O)OCC2c3ccccc3-c3ccccc32)c1. The molecule has 1 aliphatic carbocycles. The number of ether oxygens (including phenoxy) is 1. The minimum absolute atomic E-state index is 0.0630. The Morgan fingerprint density at radius 1 is 0.933 bits per heavy atom. The molecule has 0 fully saturated rings. The average Bonchev–Trinajstić information content (AvgIpc) is 3.05. The molecule has 0 aliphatic heterocycles. The third-order valence-electron chi connectivity index (χ3n) is 5.38. The van der Waals surface area contributed by atoms with Crippen LogP contribution in [0.4, 0.5) is 4.79 Å². The van der Waals surface area contributed by atoms with Crippen molar-refractivity contribution >= 4 is 12.1 Å². The molecule has 1 amide bonds. The van der Waals surface area contributed by atoms with E-state index in [0.717, 1.165) is 33.4 Å². The van der Waals surface area contributed by atoms with Gasteiger partial charge in [0.25, 0.3) is 0 Å². The number of aliphatic carboxylic acids is 1. The number of amides is 1. The Hall–Kier alpha value is -3.60. The Kier molecular flexibility index (Phi) is 5.53. The van der Waals surface area contributed by atoms with E-state index in [-0.39, 0.29) is 19.1 Å². The summed E-state index contributed by atoms with van der Waals surface area (Å²) in [5.41, 5.74) is 6.46. The molecule has 4 rings (SSSR count). The van der Waals surface area contributed by atoms with Crippen LogP contribution in [0.3, 0.4) is 0 Å². The minimum atomic E-state index is -1.07. The van der Waals surface area contributed by atoms with Crippen molar-refractivity contribution in [3.63, 3.8) is 0 Å². The maximum absolute atomic E-state index is 12.8. The Balaban J connectivity index is 1.51. The molecule has 0 radical (unpaired) electrons. The lowest BCUT2D eigenvalue weighted by molar-refractivity contribution is -0.138. The highest BCUT2D eigenvalue weighted by Gasteiger charge is 2.30. The summed E-state index contributed by atoms with van der Waals surface area (Å²) in [6.45, 7) is 1.89. The van der Waals surface area contributed by atoms with Crippen LogP contribution in [0, 0.1) is 6.92 Å². The van der Waals surface area contributed by atoms with Gasteiger partial charge in [-0.2, -0.15) is 0 Å². The lowest BCUT2D eigenvalue weighted by Crippen LogP contribution is -2.36. The van der Waals surface area contributed by atoms with E-state index >= 15 is 0 Å². The van der Waals surface area contributed by atoms with E-state index in [0.29, 0.717) is 0 Å². The quantitative estimate of drug-likeness (QED) is 0.642. The molecule has 3 aromatic rings. The highest BCUT2D eigenvalue weighted by Crippen LogP contribution is 2.44. The van der Waals surface area contributed by atoms with Crippen molar-refractivity contribution in [3.05, 3.63) is 95.1 Å². The zero-order chi connectivity index (χ0) is 21.1. The number of carboxylic acid groups (broad SMARTS) is 1. The first-order chi connectivity index (χ1) is 14.5. The minimum Gasteiger partial charge on any atom is -0.480 e. The van der Waals surface area contributed by atoms with Crippen LogP contribution in [0.25, 0.3) is 11.1 Å². The predicted molar refractivity (Wildman–Crippen MR) is 114 cm³/mol. The summed E-state index contributed by atoms with van der Waals surface area (Å²) in [5, 5.41) is 9.26. The van der Waals surface area contributed by atoms with E-state index in [1.807, 2.05) is 55.5 Å². The van der Waals surface area contributed by atoms with E-state index in [2.05, 4.69) is 24.3 Å². The molecule has 0 saturated carbocycles. The fourth-order valence-electron chi connectivity index (χ4n) is 4.06. The summed E-state index contributed by atoms with van der Waals surface area (Å²) in [7, 11) is 0. The van der Waals surface area contributed by atoms with Crippen LogP contribution in [-0.4, -0.2) is 35.2 Å². The lowest BCUT2D eigenvalue weighted by Gasteiger charge is -2.22. The zero-order valence-corrected chi connectivity index (χ0v) is 16.7. The number of benzene rings is 3. The molecule has 3 aromatic carbocycles. The molecule has 1 N–H and O–H groups in total. The van der Waals surface area contributed by atoms with Crippen molar-refractivity contribution < 1.29 is 19.4 Å². The monoisotopic (exact) mass is 401 g/mol. The van der Waals surface area contributed by atoms with Gasteiger partial charge in [0, 0.05) is 12.5 Å². The molecule has 1 aliphatic rings. The first-order valence-corrected chi connectivity index (χ1v) is 9.90. The second-order valence-corrected chi connectivity index (χ2v) is 7.54. The molecule has 5 nitrogen and oxygen atoms in total. The molecule has 152 valence electrons. The van der Waals surface area contributed by atoms with E-state index in [1.165, 1.54) is 4.90 Å². The highest BCUT2D eigenvalue weighted by atomic mass is 16.6. The Morgan fingerprint density at radius 2 is 1.57 bits per heavy atom. The fraction of sp³-hybridized carbons (Fsp3) is 0.200. The maximum Gasteiger partial charge on any atom is 0.410 e. The molecule has 0 bridgehead atoms. The molecular weight excluding hydrogens is 378 g/mol. The Labute approximate surface area is 175 Å². The number of hydrogen-bond acceptors (Lipinski definition) is 3. The summed E-state index contributed by atoms with van der Waals surface area (Å²) in [6, 6.07) is 23.9. The lowest BCUT2D eigenvalue weighted by atomic mass is 9.98. The second kappa shape index (κ2) is 8.41. The Morgan fingerprint density at radius 3 is 2.17 bits per heavy atom. The highest BCUT2D eigenvalue weighted by molar-refractivity contribution is 5.79. The van der Waals surface area contributed by atoms with Crippen molar-refractivity contribution in [2.45, 2.75) is 19.4 Å². The normalized spacial score (nSPS) is 12.2. The molecule has 0 aromatic heterocycles. The van der Waals surface area contributed by atoms with E-state index in [1.54, 1.807) is 0 Å². The van der Waals surface area contributed by atoms with Crippen molar-refractivity contribution in [2.75, 3.05) is 13.2 Å². The summed E-state index contributed by atoms with van der Waals surface area (Å²) in [4.78, 5) is 25.3. The van der Waals surface area contributed by atoms with E-state index < -0.39 is 18.6 Å². The second-order valence-electron chi connectivity index (χ2n) is 7.54. The van der Waals surface area contributed by atoms with Crippen LogP contribution < -0.4 is 0 Å². The third kappa shape index (κ3) is 4.06. The summed E-state index contributed by atoms with van der Waals surface area (Å²) >= 11 is 0. The number of carbonyl (C=O) groups excluding carboxylic acids is 1. The maximum atomic E-state index is 12.8. The molecule has 0 spiro atoms. The van der Waals surface area contributed by atoms with Crippen LogP contribution in [0.1, 0.15) is 28.2 Å². The average molecular weight is 401 g/mol. The largest absolute Gasteiger partial charge is 0.480 e. The summed E-state index contributed by atoms with van der Waals surface area (Å²) in [6.07, 6.45) is -0.624. The van der Waals surface area contributed by atoms with Gasteiger partial charge in [0.15, 0.2) is 0 Å². The van der Waals surface area contributed by atoms with Crippen molar-refractivity contribution in [2.24, 2.45) is 0 Å². The molecule has 0 heterocycles. The van der Waals surface area contributed by atoms with Crippen molar-refractivity contribution in [1.29, 1.82) is 0 Å². The van der Waals surface area contributed by atoms with E-state index in [4.69, 9.17) is 4.74 Å². The Bertz CT molecular complexity index is 1050. The smallest absolute Gasteiger partial charge is 0.410 e. The van der Waals surface area contributed by atoms with Gasteiger partial charge in [-0.05, 0) is 34.7 Å². The van der Waals surface area contributed by atoms with Gasteiger partial charge in [0.05, 0.1) is 0 Å². The molecule has 0 atom stereocenters. The van der Waals surface area contributed by atoms with Gasteiger partial charge in [0.1, 0.15) is 13.2 Å². The first kappa shape index (κ1) is 19.7. The van der Waals surface area contributed by atoms with Gasteiger partial charge in [-0.15, -0.1) is 0 Å². The standard InChI is InChI=1S/C25H23NO4/c1-17-7-6-8-18(13-17)14-26(15-24(27)28)25(29)30-16-23-21-11-4-2-9-19(21)20-10-3-5-12-22(20)23/h2-13,23H,14-16H2,1H3,(H,27,28). The molecule has 0 unspecified atom stereocenters. The van der Waals surface area contributed by atoms with Crippen molar-refractivity contribution in [3.8, 4) is 11.1 Å². The number of fused-ring (bicyclic) bond motifs is 3. The predicted octanol–water partition coefficient (Wildman–Crippen LogP) is 4.83. The summed E-state index contributed by atoms with van der Waals surface area (Å²) in [5.74, 6) is -1.14. The number of carbonyl (C=O) groups is 2. The number of carboxylic acids is 1. The van der Waals surface area contributed by atoms with Gasteiger partial charge >= 0.3 is 12.1 Å². The molecule has 30 heavy (non-hydrogen) atoms. The molecule has 0 saturated heterocycles. The third-order valence-corrected chi connectivity index (χ3v) is 5.38. The van der Waals surface area contributed by atoms with Gasteiger partial charge in [-0.3, -0.25) is 9.69 Å². The fourth-order valence-corrected chi connectivity index (χ4v) is 4.06. The number of rotatable bonds is 6. The topological polar surface area (TPSA) is 66.8 Å². The first-order valence-electron chi connectivity index (χ1n) is 9.90. The van der Waals surface area contributed by atoms with Crippen LogP contribution >= 0.6 is 0 Å². The van der Waals surface area contributed by atoms with E-state index in [9.17, 15) is 14.7 Å². The van der Waals surface area contributed by atoms with Crippen LogP contribution in [0.2, 0.25) is 0 Å². The molecule has 5 heteroatoms. The van der Waals surface area contributed by atoms with Crippen LogP contribution in [0.5, 0.6) is 0 Å². The number of aryl methyl sites for hydroxylation is 1.